The molecule has 0 saturated heterocycles. The summed E-state index contributed by atoms with van der Waals surface area (Å²) in [6, 6.07) is 5.85. The summed E-state index contributed by atoms with van der Waals surface area (Å²) in [6.45, 7) is 3.95. The van der Waals surface area contributed by atoms with E-state index in [0.717, 1.165) is 22.8 Å². The number of hydrogen-bond acceptors (Lipinski definition) is 6. The number of benzene rings is 1. The molecule has 0 spiro atoms. The molecule has 6 nitrogen and oxygen atoms in total. The zero-order chi connectivity index (χ0) is 15.5. The van der Waals surface area contributed by atoms with Gasteiger partial charge in [-0.2, -0.15) is 4.98 Å². The molecule has 0 radical (unpaired) electrons. The topological polar surface area (TPSA) is 69.6 Å². The minimum absolute atomic E-state index is 0.547. The van der Waals surface area contributed by atoms with Crippen molar-refractivity contribution < 1.29 is 4.52 Å². The highest BCUT2D eigenvalue weighted by atomic mass is 35.5. The summed E-state index contributed by atoms with van der Waals surface area (Å²) in [6.07, 6.45) is 2.42. The van der Waals surface area contributed by atoms with Gasteiger partial charge >= 0.3 is 0 Å². The first-order valence-electron chi connectivity index (χ1n) is 6.78. The molecule has 0 saturated carbocycles. The Morgan fingerprint density at radius 2 is 2.23 bits per heavy atom. The number of aromatic nitrogens is 5. The van der Waals surface area contributed by atoms with Gasteiger partial charge in [-0.3, -0.25) is 4.57 Å². The van der Waals surface area contributed by atoms with Crippen LogP contribution in [0.2, 0.25) is 5.02 Å². The highest BCUT2D eigenvalue weighted by Gasteiger charge is 2.11. The molecule has 2 aromatic heterocycles. The van der Waals surface area contributed by atoms with Gasteiger partial charge in [0.25, 0.3) is 0 Å². The number of thioether (sulfide) groups is 1. The summed E-state index contributed by atoms with van der Waals surface area (Å²) in [7, 11) is 0. The van der Waals surface area contributed by atoms with E-state index in [1.807, 2.05) is 36.6 Å². The zero-order valence-electron chi connectivity index (χ0n) is 12.2. The van der Waals surface area contributed by atoms with Crippen LogP contribution in [0.15, 0.2) is 34.2 Å². The van der Waals surface area contributed by atoms with Gasteiger partial charge in [-0.25, -0.2) is 0 Å². The Labute approximate surface area is 136 Å². The van der Waals surface area contributed by atoms with Crippen molar-refractivity contribution in [2.24, 2.45) is 0 Å². The fourth-order valence-electron chi connectivity index (χ4n) is 1.85. The monoisotopic (exact) mass is 335 g/mol. The van der Waals surface area contributed by atoms with Gasteiger partial charge in [0.15, 0.2) is 11.0 Å². The van der Waals surface area contributed by atoms with Crippen molar-refractivity contribution in [1.29, 1.82) is 0 Å². The minimum atomic E-state index is 0.547. The van der Waals surface area contributed by atoms with Crippen LogP contribution in [0, 0.1) is 6.92 Å². The third-order valence-corrected chi connectivity index (χ3v) is 4.44. The first-order valence-corrected chi connectivity index (χ1v) is 8.14. The van der Waals surface area contributed by atoms with Crippen LogP contribution in [0.3, 0.4) is 0 Å². The Kier molecular flexibility index (Phi) is 4.44. The Bertz CT molecular complexity index is 785. The first-order chi connectivity index (χ1) is 10.7. The molecule has 0 bridgehead atoms. The van der Waals surface area contributed by atoms with Gasteiger partial charge in [0.1, 0.15) is 6.33 Å². The van der Waals surface area contributed by atoms with Crippen LogP contribution >= 0.6 is 23.4 Å². The van der Waals surface area contributed by atoms with Gasteiger partial charge in [-0.1, -0.05) is 41.5 Å². The van der Waals surface area contributed by atoms with Crippen LogP contribution in [0.25, 0.3) is 5.69 Å². The number of nitrogens with zero attached hydrogens (tertiary/aromatic N) is 5. The van der Waals surface area contributed by atoms with Gasteiger partial charge in [0.2, 0.25) is 5.89 Å². The summed E-state index contributed by atoms with van der Waals surface area (Å²) >= 11 is 7.67. The zero-order valence-corrected chi connectivity index (χ0v) is 13.7. The van der Waals surface area contributed by atoms with Crippen molar-refractivity contribution in [3.05, 3.63) is 46.8 Å². The second kappa shape index (κ2) is 6.50. The predicted octanol–water partition coefficient (Wildman–Crippen LogP) is 3.47. The van der Waals surface area contributed by atoms with Crippen LogP contribution in [0.5, 0.6) is 0 Å². The van der Waals surface area contributed by atoms with E-state index in [0.29, 0.717) is 22.5 Å². The van der Waals surface area contributed by atoms with Crippen molar-refractivity contribution in [3.63, 3.8) is 0 Å². The molecule has 0 N–H and O–H groups in total. The van der Waals surface area contributed by atoms with Crippen LogP contribution in [0.1, 0.15) is 24.2 Å². The maximum atomic E-state index is 6.18. The molecule has 0 amide bonds. The van der Waals surface area contributed by atoms with E-state index in [2.05, 4.69) is 20.3 Å². The molecule has 22 heavy (non-hydrogen) atoms. The van der Waals surface area contributed by atoms with E-state index in [1.54, 1.807) is 6.33 Å². The van der Waals surface area contributed by atoms with Gasteiger partial charge in [0.05, 0.1) is 11.4 Å². The quantitative estimate of drug-likeness (QED) is 0.665. The van der Waals surface area contributed by atoms with Gasteiger partial charge in [0, 0.05) is 11.4 Å². The second-order valence-corrected chi connectivity index (χ2v) is 6.01. The highest BCUT2D eigenvalue weighted by Crippen LogP contribution is 2.25. The maximum Gasteiger partial charge on any atom is 0.237 e. The molecular weight excluding hydrogens is 322 g/mol. The lowest BCUT2D eigenvalue weighted by molar-refractivity contribution is 0.385. The SMILES string of the molecule is CCc1noc(CSc2nncn2-c2ccc(C)c(Cl)c2)n1. The van der Waals surface area contributed by atoms with Crippen molar-refractivity contribution >= 4 is 23.4 Å². The number of halogens is 1. The van der Waals surface area contributed by atoms with Gasteiger partial charge < -0.3 is 4.52 Å². The van der Waals surface area contributed by atoms with Crippen molar-refractivity contribution in [1.82, 2.24) is 24.9 Å². The summed E-state index contributed by atoms with van der Waals surface area (Å²) in [5.41, 5.74) is 1.95. The standard InChI is InChI=1S/C14H14ClN5OS/c1-3-12-17-13(21-19-12)7-22-14-18-16-8-20(14)10-5-4-9(2)11(15)6-10/h4-6,8H,3,7H2,1-2H3. The molecule has 8 heteroatoms. The highest BCUT2D eigenvalue weighted by molar-refractivity contribution is 7.98. The average molecular weight is 336 g/mol. The van der Waals surface area contributed by atoms with Crippen LogP contribution in [-0.4, -0.2) is 24.9 Å². The smallest absolute Gasteiger partial charge is 0.237 e. The molecule has 1 aromatic carbocycles. The van der Waals surface area contributed by atoms with Crippen LogP contribution in [0.4, 0.5) is 0 Å². The minimum Gasteiger partial charge on any atom is -0.338 e. The molecule has 0 fully saturated rings. The Hall–Kier alpha value is -1.86. The number of hydrogen-bond donors (Lipinski definition) is 0. The summed E-state index contributed by atoms with van der Waals surface area (Å²) in [5, 5.41) is 13.4. The van der Waals surface area contributed by atoms with Crippen molar-refractivity contribution in [2.45, 2.75) is 31.2 Å². The van der Waals surface area contributed by atoms with Crippen LogP contribution in [-0.2, 0) is 12.2 Å². The lowest BCUT2D eigenvalue weighted by atomic mass is 10.2. The molecule has 0 aliphatic heterocycles. The van der Waals surface area contributed by atoms with Crippen molar-refractivity contribution in [2.75, 3.05) is 0 Å². The molecule has 0 atom stereocenters. The lowest BCUT2D eigenvalue weighted by Crippen LogP contribution is -1.96. The molecular formula is C14H14ClN5OS. The normalized spacial score (nSPS) is 11.0. The van der Waals surface area contributed by atoms with E-state index in [4.69, 9.17) is 16.1 Å². The molecule has 0 aliphatic rings. The predicted molar refractivity (Wildman–Crippen MR) is 84.3 cm³/mol. The van der Waals surface area contributed by atoms with Crippen LogP contribution < -0.4 is 0 Å². The van der Waals surface area contributed by atoms with E-state index < -0.39 is 0 Å². The third-order valence-electron chi connectivity index (χ3n) is 3.10. The van der Waals surface area contributed by atoms with Gasteiger partial charge in [-0.15, -0.1) is 10.2 Å². The summed E-state index contributed by atoms with van der Waals surface area (Å²) < 4.78 is 7.06. The van der Waals surface area contributed by atoms with E-state index in [1.165, 1.54) is 11.8 Å². The van der Waals surface area contributed by atoms with E-state index in [-0.39, 0.29) is 0 Å². The molecule has 3 rings (SSSR count). The molecule has 0 aliphatic carbocycles. The molecule has 2 heterocycles. The fourth-order valence-corrected chi connectivity index (χ4v) is 2.79. The summed E-state index contributed by atoms with van der Waals surface area (Å²) in [4.78, 5) is 4.28. The fraction of sp³-hybridized carbons (Fsp3) is 0.286. The molecule has 3 aromatic rings. The maximum absolute atomic E-state index is 6.18. The van der Waals surface area contributed by atoms with Crippen molar-refractivity contribution in [3.8, 4) is 5.69 Å². The number of rotatable bonds is 5. The Morgan fingerprint density at radius 3 is 2.95 bits per heavy atom. The van der Waals surface area contributed by atoms with E-state index >= 15 is 0 Å². The lowest BCUT2D eigenvalue weighted by Gasteiger charge is -2.07. The third kappa shape index (κ3) is 3.15. The van der Waals surface area contributed by atoms with E-state index in [9.17, 15) is 0 Å². The first kappa shape index (κ1) is 15.1. The average Bonchev–Trinajstić information content (AvgIpc) is 3.16. The summed E-state index contributed by atoms with van der Waals surface area (Å²) in [5.74, 6) is 1.84. The Balaban J connectivity index is 1.78. The molecule has 0 unspecified atom stereocenters. The van der Waals surface area contributed by atoms with Gasteiger partial charge in [-0.05, 0) is 24.6 Å². The molecule has 114 valence electrons. The second-order valence-electron chi connectivity index (χ2n) is 4.66. The Morgan fingerprint density at radius 1 is 1.36 bits per heavy atom. The number of aryl methyl sites for hydroxylation is 2. The largest absolute Gasteiger partial charge is 0.338 e.